The van der Waals surface area contributed by atoms with Crippen molar-refractivity contribution in [3.05, 3.63) is 48.6 Å². The fourth-order valence-electron chi connectivity index (χ4n) is 2.24. The molecular weight excluding hydrogens is 312 g/mol. The Hall–Kier alpha value is -2.05. The Morgan fingerprint density at radius 2 is 1.52 bits per heavy atom. The van der Waals surface area contributed by atoms with Crippen LogP contribution in [0.4, 0.5) is 0 Å². The molecule has 3 nitrogen and oxygen atoms in total. The van der Waals surface area contributed by atoms with Crippen LogP contribution in [0.15, 0.2) is 48.6 Å². The second-order valence-corrected chi connectivity index (χ2v) is 5.90. The van der Waals surface area contributed by atoms with Gasteiger partial charge in [-0.2, -0.15) is 0 Å². The van der Waals surface area contributed by atoms with Crippen LogP contribution in [0.25, 0.3) is 0 Å². The zero-order chi connectivity index (χ0) is 18.2. The number of carbonyl (C=O) groups is 1. The SMILES string of the molecule is CCC=CCC1O[C@@H]1CC=CCC=CCC=CCC#CCCC(=O)O. The first-order chi connectivity index (χ1) is 12.2. The second kappa shape index (κ2) is 14.3. The van der Waals surface area contributed by atoms with Crippen molar-refractivity contribution in [2.45, 2.75) is 70.5 Å². The first kappa shape index (κ1) is 21.0. The van der Waals surface area contributed by atoms with Crippen molar-refractivity contribution >= 4 is 5.97 Å². The highest BCUT2D eigenvalue weighted by Crippen LogP contribution is 2.28. The molecule has 1 fully saturated rings. The average molecular weight is 342 g/mol. The summed E-state index contributed by atoms with van der Waals surface area (Å²) in [5.74, 6) is 5.00. The predicted octanol–water partition coefficient (Wildman–Crippen LogP) is 5.21. The number of rotatable bonds is 12. The van der Waals surface area contributed by atoms with Crippen molar-refractivity contribution in [3.8, 4) is 11.8 Å². The summed E-state index contributed by atoms with van der Waals surface area (Å²) in [4.78, 5) is 10.3. The van der Waals surface area contributed by atoms with Crippen LogP contribution in [0.1, 0.15) is 58.3 Å². The molecular formula is C22H30O3. The minimum absolute atomic E-state index is 0.121. The normalized spacial score (nSPS) is 19.9. The van der Waals surface area contributed by atoms with E-state index in [1.165, 1.54) is 0 Å². The number of hydrogen-bond acceptors (Lipinski definition) is 2. The monoisotopic (exact) mass is 342 g/mol. The summed E-state index contributed by atoms with van der Waals surface area (Å²) in [5.41, 5.74) is 0. The van der Waals surface area contributed by atoms with E-state index in [2.05, 4.69) is 61.3 Å². The average Bonchev–Trinajstić information content (AvgIpc) is 3.33. The number of epoxide rings is 1. The van der Waals surface area contributed by atoms with Gasteiger partial charge >= 0.3 is 5.97 Å². The van der Waals surface area contributed by atoms with E-state index < -0.39 is 5.97 Å². The maximum absolute atomic E-state index is 10.3. The predicted molar refractivity (Wildman–Crippen MR) is 103 cm³/mol. The van der Waals surface area contributed by atoms with Gasteiger partial charge in [0.05, 0.1) is 18.6 Å². The van der Waals surface area contributed by atoms with Crippen LogP contribution in [0, 0.1) is 11.8 Å². The van der Waals surface area contributed by atoms with Crippen LogP contribution in [0.3, 0.4) is 0 Å². The molecule has 1 aliphatic rings. The maximum atomic E-state index is 10.3. The molecule has 0 radical (unpaired) electrons. The minimum Gasteiger partial charge on any atom is -0.481 e. The lowest BCUT2D eigenvalue weighted by Gasteiger charge is -1.87. The molecule has 1 unspecified atom stereocenters. The van der Waals surface area contributed by atoms with Crippen LogP contribution < -0.4 is 0 Å². The van der Waals surface area contributed by atoms with Crippen molar-refractivity contribution in [2.75, 3.05) is 0 Å². The van der Waals surface area contributed by atoms with Gasteiger partial charge in [-0.05, 0) is 32.1 Å². The minimum atomic E-state index is -0.794. The summed E-state index contributed by atoms with van der Waals surface area (Å²) in [6.45, 7) is 2.15. The Bertz CT molecular complexity index is 543. The highest BCUT2D eigenvalue weighted by Gasteiger charge is 2.35. The van der Waals surface area contributed by atoms with Crippen LogP contribution in [0.5, 0.6) is 0 Å². The van der Waals surface area contributed by atoms with Crippen molar-refractivity contribution in [3.63, 3.8) is 0 Å². The zero-order valence-corrected chi connectivity index (χ0v) is 15.2. The molecule has 1 saturated heterocycles. The summed E-state index contributed by atoms with van der Waals surface area (Å²) in [6, 6.07) is 0. The second-order valence-electron chi connectivity index (χ2n) is 5.90. The molecule has 136 valence electrons. The molecule has 2 atom stereocenters. The van der Waals surface area contributed by atoms with E-state index in [9.17, 15) is 4.79 Å². The maximum Gasteiger partial charge on any atom is 0.304 e. The van der Waals surface area contributed by atoms with E-state index in [0.717, 1.165) is 32.1 Å². The Balaban J connectivity index is 1.95. The lowest BCUT2D eigenvalue weighted by atomic mass is 10.1. The summed E-state index contributed by atoms with van der Waals surface area (Å²) in [6.07, 6.45) is 24.3. The van der Waals surface area contributed by atoms with Gasteiger partial charge < -0.3 is 9.84 Å². The topological polar surface area (TPSA) is 49.8 Å². The lowest BCUT2D eigenvalue weighted by Crippen LogP contribution is -1.91. The molecule has 1 aliphatic heterocycles. The molecule has 1 rings (SSSR count). The molecule has 0 aromatic carbocycles. The molecule has 0 bridgehead atoms. The van der Waals surface area contributed by atoms with E-state index in [4.69, 9.17) is 9.84 Å². The molecule has 1 N–H and O–H groups in total. The largest absolute Gasteiger partial charge is 0.481 e. The number of aliphatic carboxylic acids is 1. The third-order valence-corrected chi connectivity index (χ3v) is 3.68. The first-order valence-electron chi connectivity index (χ1n) is 9.17. The van der Waals surface area contributed by atoms with Gasteiger partial charge in [0, 0.05) is 12.8 Å². The number of carboxylic acids is 1. The Morgan fingerprint density at radius 3 is 2.16 bits per heavy atom. The van der Waals surface area contributed by atoms with Gasteiger partial charge in [0.25, 0.3) is 0 Å². The fourth-order valence-corrected chi connectivity index (χ4v) is 2.24. The van der Waals surface area contributed by atoms with E-state index in [-0.39, 0.29) is 6.42 Å². The van der Waals surface area contributed by atoms with E-state index in [1.807, 2.05) is 6.08 Å². The highest BCUT2D eigenvalue weighted by atomic mass is 16.6. The molecule has 1 heterocycles. The Kier molecular flexibility index (Phi) is 12.0. The van der Waals surface area contributed by atoms with Crippen molar-refractivity contribution in [1.82, 2.24) is 0 Å². The molecule has 3 heteroatoms. The van der Waals surface area contributed by atoms with E-state index >= 15 is 0 Å². The summed E-state index contributed by atoms with van der Waals surface area (Å²) in [5, 5.41) is 8.47. The number of allylic oxidation sites excluding steroid dienone is 6. The quantitative estimate of drug-likeness (QED) is 0.301. The number of ether oxygens (including phenoxy) is 1. The summed E-state index contributed by atoms with van der Waals surface area (Å²) < 4.78 is 5.61. The van der Waals surface area contributed by atoms with Crippen LogP contribution in [-0.2, 0) is 9.53 Å². The van der Waals surface area contributed by atoms with Gasteiger partial charge in [-0.3, -0.25) is 4.79 Å². The standard InChI is InChI=1S/C22H30O3/c1-2-3-14-17-20-21(25-20)18-15-12-10-8-6-4-5-7-9-11-13-16-19-22(23)24/h3,5-8,12,14-15,20-21H,2,4,9-10,16-19H2,1H3,(H,23,24)/t20?,21-/m1/s1. The third-order valence-electron chi connectivity index (χ3n) is 3.68. The summed E-state index contributed by atoms with van der Waals surface area (Å²) >= 11 is 0. The smallest absolute Gasteiger partial charge is 0.304 e. The lowest BCUT2D eigenvalue weighted by molar-refractivity contribution is -0.136. The molecule has 0 saturated carbocycles. The van der Waals surface area contributed by atoms with Crippen LogP contribution in [0.2, 0.25) is 0 Å². The number of carboxylic acid groups (broad SMARTS) is 1. The van der Waals surface area contributed by atoms with E-state index in [0.29, 0.717) is 25.0 Å². The molecule has 0 amide bonds. The van der Waals surface area contributed by atoms with Gasteiger partial charge in [-0.1, -0.05) is 61.5 Å². The van der Waals surface area contributed by atoms with Gasteiger partial charge in [0.2, 0.25) is 0 Å². The molecule has 0 aromatic rings. The molecule has 25 heavy (non-hydrogen) atoms. The summed E-state index contributed by atoms with van der Waals surface area (Å²) in [7, 11) is 0. The van der Waals surface area contributed by atoms with Crippen LogP contribution in [-0.4, -0.2) is 23.3 Å². The van der Waals surface area contributed by atoms with Crippen molar-refractivity contribution in [1.29, 1.82) is 0 Å². The third kappa shape index (κ3) is 13.0. The van der Waals surface area contributed by atoms with Crippen LogP contribution >= 0.6 is 0 Å². The fraction of sp³-hybridized carbons (Fsp3) is 0.500. The van der Waals surface area contributed by atoms with E-state index in [1.54, 1.807) is 0 Å². The Morgan fingerprint density at radius 1 is 0.920 bits per heavy atom. The first-order valence-corrected chi connectivity index (χ1v) is 9.17. The van der Waals surface area contributed by atoms with Gasteiger partial charge in [-0.25, -0.2) is 0 Å². The molecule has 0 spiro atoms. The van der Waals surface area contributed by atoms with Gasteiger partial charge in [0.15, 0.2) is 0 Å². The van der Waals surface area contributed by atoms with Crippen molar-refractivity contribution in [2.24, 2.45) is 0 Å². The van der Waals surface area contributed by atoms with Gasteiger partial charge in [-0.15, -0.1) is 5.92 Å². The molecule has 0 aliphatic carbocycles. The van der Waals surface area contributed by atoms with Gasteiger partial charge in [0.1, 0.15) is 0 Å². The number of hydrogen-bond donors (Lipinski definition) is 1. The van der Waals surface area contributed by atoms with Crippen molar-refractivity contribution < 1.29 is 14.6 Å². The molecule has 0 aromatic heterocycles. The highest BCUT2D eigenvalue weighted by molar-refractivity contribution is 5.66. The zero-order valence-electron chi connectivity index (χ0n) is 15.2. The Labute approximate surface area is 152 Å².